The lowest BCUT2D eigenvalue weighted by molar-refractivity contribution is -0.126. The van der Waals surface area contributed by atoms with Crippen molar-refractivity contribution in [3.05, 3.63) is 77.0 Å². The Bertz CT molecular complexity index is 1130. The Kier molecular flexibility index (Phi) is 7.47. The number of piperazine rings is 1. The summed E-state index contributed by atoms with van der Waals surface area (Å²) in [6, 6.07) is 17.8. The van der Waals surface area contributed by atoms with Crippen molar-refractivity contribution in [1.82, 2.24) is 24.6 Å². The van der Waals surface area contributed by atoms with E-state index in [1.807, 2.05) is 68.4 Å². The molecular weight excluding hydrogens is 428 g/mol. The predicted octanol–water partition coefficient (Wildman–Crippen LogP) is 3.00. The fourth-order valence-electron chi connectivity index (χ4n) is 4.42. The van der Waals surface area contributed by atoms with E-state index >= 15 is 0 Å². The Morgan fingerprint density at radius 2 is 1.62 bits per heavy atom. The maximum atomic E-state index is 13.0. The second-order valence-corrected chi connectivity index (χ2v) is 8.97. The molecule has 2 heterocycles. The molecule has 0 radical (unpaired) electrons. The maximum Gasteiger partial charge on any atom is 0.350 e. The highest BCUT2D eigenvalue weighted by Crippen LogP contribution is 2.25. The van der Waals surface area contributed by atoms with Crippen LogP contribution in [0, 0.1) is 0 Å². The van der Waals surface area contributed by atoms with Crippen LogP contribution in [0.2, 0.25) is 0 Å². The molecular formula is C26H34N6O2. The summed E-state index contributed by atoms with van der Waals surface area (Å²) in [4.78, 5) is 30.1. The summed E-state index contributed by atoms with van der Waals surface area (Å²) in [7, 11) is 0. The number of rotatable bonds is 8. The van der Waals surface area contributed by atoms with Crippen LogP contribution in [0.4, 0.5) is 5.69 Å². The second kappa shape index (κ2) is 10.7. The molecule has 0 bridgehead atoms. The van der Waals surface area contributed by atoms with E-state index in [1.54, 1.807) is 10.9 Å². The molecule has 180 valence electrons. The van der Waals surface area contributed by atoms with Crippen LogP contribution >= 0.6 is 0 Å². The highest BCUT2D eigenvalue weighted by atomic mass is 16.2. The first-order valence-electron chi connectivity index (χ1n) is 12.1. The zero-order valence-electron chi connectivity index (χ0n) is 20.2. The third-order valence-corrected chi connectivity index (χ3v) is 6.27. The van der Waals surface area contributed by atoms with Gasteiger partial charge in [0, 0.05) is 38.4 Å². The molecule has 0 aliphatic carbocycles. The fraction of sp³-hybridized carbons (Fsp3) is 0.423. The molecule has 1 aromatic heterocycles. The molecule has 1 saturated heterocycles. The number of nitrogens with one attached hydrogen (secondary N) is 1. The summed E-state index contributed by atoms with van der Waals surface area (Å²) >= 11 is 0. The first-order valence-corrected chi connectivity index (χ1v) is 12.1. The van der Waals surface area contributed by atoms with Crippen molar-refractivity contribution in [2.75, 3.05) is 37.6 Å². The lowest BCUT2D eigenvalue weighted by Gasteiger charge is -2.39. The van der Waals surface area contributed by atoms with Gasteiger partial charge >= 0.3 is 5.69 Å². The molecule has 1 atom stereocenters. The molecule has 2 aromatic carbocycles. The number of anilines is 1. The molecule has 0 saturated carbocycles. The number of hydrogen-bond donors (Lipinski definition) is 1. The van der Waals surface area contributed by atoms with E-state index in [4.69, 9.17) is 0 Å². The van der Waals surface area contributed by atoms with Gasteiger partial charge in [-0.15, -0.1) is 0 Å². The number of carbonyl (C=O) groups is 1. The third-order valence-electron chi connectivity index (χ3n) is 6.27. The van der Waals surface area contributed by atoms with Crippen LogP contribution in [0.1, 0.15) is 44.8 Å². The Morgan fingerprint density at radius 3 is 2.21 bits per heavy atom. The quantitative estimate of drug-likeness (QED) is 0.557. The molecule has 1 aliphatic rings. The molecule has 0 spiro atoms. The molecule has 8 nitrogen and oxygen atoms in total. The number of hydrogen-bond acceptors (Lipinski definition) is 5. The summed E-state index contributed by atoms with van der Waals surface area (Å²) in [5, 5.41) is 7.28. The largest absolute Gasteiger partial charge is 0.369 e. The zero-order chi connectivity index (χ0) is 24.1. The monoisotopic (exact) mass is 462 g/mol. The van der Waals surface area contributed by atoms with Crippen molar-refractivity contribution in [2.45, 2.75) is 39.3 Å². The van der Waals surface area contributed by atoms with Gasteiger partial charge in [-0.3, -0.25) is 9.69 Å². The van der Waals surface area contributed by atoms with Crippen LogP contribution in [0.5, 0.6) is 0 Å². The van der Waals surface area contributed by atoms with E-state index in [0.717, 1.165) is 49.5 Å². The van der Waals surface area contributed by atoms with Gasteiger partial charge in [-0.05, 0) is 50.1 Å². The van der Waals surface area contributed by atoms with Gasteiger partial charge in [0.25, 0.3) is 0 Å². The van der Waals surface area contributed by atoms with E-state index in [2.05, 4.69) is 27.1 Å². The van der Waals surface area contributed by atoms with Gasteiger partial charge in [0.1, 0.15) is 12.4 Å². The second-order valence-electron chi connectivity index (χ2n) is 8.97. The van der Waals surface area contributed by atoms with Crippen molar-refractivity contribution in [1.29, 1.82) is 0 Å². The summed E-state index contributed by atoms with van der Waals surface area (Å²) in [5.41, 5.74) is 2.81. The van der Waals surface area contributed by atoms with Crippen LogP contribution in [0.3, 0.4) is 0 Å². The van der Waals surface area contributed by atoms with Gasteiger partial charge in [-0.25, -0.2) is 14.0 Å². The molecule has 34 heavy (non-hydrogen) atoms. The van der Waals surface area contributed by atoms with Gasteiger partial charge in [0.15, 0.2) is 0 Å². The Balaban J connectivity index is 1.44. The van der Waals surface area contributed by atoms with Crippen molar-refractivity contribution in [3.8, 4) is 5.69 Å². The zero-order valence-corrected chi connectivity index (χ0v) is 20.2. The average Bonchev–Trinajstić information content (AvgIpc) is 3.25. The SMILES string of the molecule is CCCNC(=O)C(c1ccccc1)N1CCN(c2ccc(-n3cnn(C(C)C)c3=O)cc2)CC1. The van der Waals surface area contributed by atoms with Crippen LogP contribution in [-0.2, 0) is 4.79 Å². The van der Waals surface area contributed by atoms with Crippen molar-refractivity contribution >= 4 is 11.6 Å². The first kappa shape index (κ1) is 23.8. The predicted molar refractivity (Wildman–Crippen MR) is 134 cm³/mol. The summed E-state index contributed by atoms with van der Waals surface area (Å²) in [6.45, 7) is 9.88. The van der Waals surface area contributed by atoms with Crippen molar-refractivity contribution in [2.24, 2.45) is 0 Å². The Labute approximate surface area is 200 Å². The Morgan fingerprint density at radius 1 is 0.971 bits per heavy atom. The maximum absolute atomic E-state index is 13.0. The highest BCUT2D eigenvalue weighted by molar-refractivity contribution is 5.83. The number of benzene rings is 2. The Hall–Kier alpha value is -3.39. The van der Waals surface area contributed by atoms with Crippen molar-refractivity contribution < 1.29 is 4.79 Å². The van der Waals surface area contributed by atoms with Gasteiger partial charge in [-0.2, -0.15) is 5.10 Å². The standard InChI is InChI=1S/C26H34N6O2/c1-4-14-27-25(33)24(21-8-6-5-7-9-21)30-17-15-29(16-18-30)22-10-12-23(13-11-22)31-19-28-32(20(2)3)26(31)34/h5-13,19-20,24H,4,14-18H2,1-3H3,(H,27,33). The molecule has 3 aromatic rings. The molecule has 4 rings (SSSR count). The summed E-state index contributed by atoms with van der Waals surface area (Å²) < 4.78 is 3.05. The third kappa shape index (κ3) is 5.07. The van der Waals surface area contributed by atoms with Gasteiger partial charge < -0.3 is 10.2 Å². The van der Waals surface area contributed by atoms with E-state index < -0.39 is 0 Å². The van der Waals surface area contributed by atoms with Gasteiger partial charge in [-0.1, -0.05) is 37.3 Å². The van der Waals surface area contributed by atoms with Gasteiger partial charge in [0.05, 0.1) is 11.7 Å². The minimum atomic E-state index is -0.276. The minimum absolute atomic E-state index is 0.0214. The lowest BCUT2D eigenvalue weighted by Crippen LogP contribution is -2.51. The summed E-state index contributed by atoms with van der Waals surface area (Å²) in [6.07, 6.45) is 2.49. The number of amides is 1. The van der Waals surface area contributed by atoms with Crippen LogP contribution in [-0.4, -0.2) is 57.9 Å². The number of nitrogens with zero attached hydrogens (tertiary/aromatic N) is 5. The topological polar surface area (TPSA) is 75.4 Å². The fourth-order valence-corrected chi connectivity index (χ4v) is 4.42. The smallest absolute Gasteiger partial charge is 0.350 e. The van der Waals surface area contributed by atoms with E-state index in [1.165, 1.54) is 4.68 Å². The average molecular weight is 463 g/mol. The van der Waals surface area contributed by atoms with E-state index in [0.29, 0.717) is 6.54 Å². The van der Waals surface area contributed by atoms with Gasteiger partial charge in [0.2, 0.25) is 5.91 Å². The van der Waals surface area contributed by atoms with E-state index in [-0.39, 0.29) is 23.7 Å². The molecule has 1 unspecified atom stereocenters. The van der Waals surface area contributed by atoms with Crippen molar-refractivity contribution in [3.63, 3.8) is 0 Å². The van der Waals surface area contributed by atoms with Crippen LogP contribution in [0.25, 0.3) is 5.69 Å². The molecule has 1 amide bonds. The molecule has 1 aliphatic heterocycles. The lowest BCUT2D eigenvalue weighted by atomic mass is 10.0. The first-order chi connectivity index (χ1) is 16.5. The van der Waals surface area contributed by atoms with E-state index in [9.17, 15) is 9.59 Å². The minimum Gasteiger partial charge on any atom is -0.369 e. The summed E-state index contributed by atoms with van der Waals surface area (Å²) in [5.74, 6) is 0.0678. The molecule has 1 fully saturated rings. The normalized spacial score (nSPS) is 15.5. The molecule has 1 N–H and O–H groups in total. The van der Waals surface area contributed by atoms with Crippen LogP contribution < -0.4 is 15.9 Å². The highest BCUT2D eigenvalue weighted by Gasteiger charge is 2.30. The molecule has 8 heteroatoms. The number of carbonyl (C=O) groups excluding carboxylic acids is 1. The number of aromatic nitrogens is 3. The van der Waals surface area contributed by atoms with Crippen LogP contribution in [0.15, 0.2) is 65.7 Å².